The molecule has 0 amide bonds. The molecule has 1 atom stereocenters. The summed E-state index contributed by atoms with van der Waals surface area (Å²) in [5.41, 5.74) is 0.920. The van der Waals surface area contributed by atoms with E-state index in [1.807, 2.05) is 12.3 Å². The first-order chi connectivity index (χ1) is 11.2. The number of nitrogens with zero attached hydrogens (tertiary/aromatic N) is 2. The fourth-order valence-corrected chi connectivity index (χ4v) is 3.27. The molecule has 126 valence electrons. The first kappa shape index (κ1) is 16.5. The minimum Gasteiger partial charge on any atom is -0.376 e. The molecule has 3 rings (SSSR count). The van der Waals surface area contributed by atoms with Gasteiger partial charge in [0.25, 0.3) is 0 Å². The molecule has 5 nitrogen and oxygen atoms in total. The second kappa shape index (κ2) is 7.93. The molecule has 2 fully saturated rings. The zero-order valence-corrected chi connectivity index (χ0v) is 14.6. The molecule has 23 heavy (non-hydrogen) atoms. The van der Waals surface area contributed by atoms with Gasteiger partial charge in [-0.1, -0.05) is 6.92 Å². The van der Waals surface area contributed by atoms with Crippen LogP contribution < -0.4 is 15.5 Å². The highest BCUT2D eigenvalue weighted by Crippen LogP contribution is 2.22. The smallest absolute Gasteiger partial charge is 0.170 e. The lowest BCUT2D eigenvalue weighted by atomic mass is 9.99. The van der Waals surface area contributed by atoms with E-state index in [1.54, 1.807) is 0 Å². The molecule has 1 aromatic rings. The fourth-order valence-electron chi connectivity index (χ4n) is 3.07. The van der Waals surface area contributed by atoms with Gasteiger partial charge < -0.3 is 20.3 Å². The lowest BCUT2D eigenvalue weighted by molar-refractivity contribution is 0.114. The van der Waals surface area contributed by atoms with Gasteiger partial charge in [-0.25, -0.2) is 4.98 Å². The zero-order valence-electron chi connectivity index (χ0n) is 13.8. The SMILES string of the molecule is CC1CCN(c2ccc(NC(=S)NC[C@@H]3CCCO3)cn2)CC1. The molecule has 0 bridgehead atoms. The van der Waals surface area contributed by atoms with Crippen LogP contribution in [0.25, 0.3) is 0 Å². The van der Waals surface area contributed by atoms with E-state index in [-0.39, 0.29) is 6.10 Å². The van der Waals surface area contributed by atoms with E-state index >= 15 is 0 Å². The zero-order chi connectivity index (χ0) is 16.1. The Bertz CT molecular complexity index is 508. The monoisotopic (exact) mass is 334 g/mol. The lowest BCUT2D eigenvalue weighted by Gasteiger charge is -2.31. The third-order valence-electron chi connectivity index (χ3n) is 4.63. The number of thiocarbonyl (C=S) groups is 1. The van der Waals surface area contributed by atoms with E-state index in [2.05, 4.69) is 33.5 Å². The third-order valence-corrected chi connectivity index (χ3v) is 4.87. The number of rotatable bonds is 4. The molecule has 2 aliphatic heterocycles. The topological polar surface area (TPSA) is 49.4 Å². The normalized spacial score (nSPS) is 22.1. The van der Waals surface area contributed by atoms with Crippen LogP contribution in [0.2, 0.25) is 0 Å². The van der Waals surface area contributed by atoms with Gasteiger partial charge >= 0.3 is 0 Å². The second-order valence-electron chi connectivity index (χ2n) is 6.54. The van der Waals surface area contributed by atoms with Gasteiger partial charge in [0.2, 0.25) is 0 Å². The summed E-state index contributed by atoms with van der Waals surface area (Å²) in [5.74, 6) is 1.89. The summed E-state index contributed by atoms with van der Waals surface area (Å²) in [6.45, 7) is 6.16. The first-order valence-corrected chi connectivity index (χ1v) is 8.99. The largest absolute Gasteiger partial charge is 0.376 e. The Morgan fingerprint density at radius 2 is 2.17 bits per heavy atom. The summed E-state index contributed by atoms with van der Waals surface area (Å²) in [6.07, 6.45) is 6.90. The maximum Gasteiger partial charge on any atom is 0.170 e. The van der Waals surface area contributed by atoms with Crippen LogP contribution in [0.3, 0.4) is 0 Å². The van der Waals surface area contributed by atoms with Crippen molar-refractivity contribution in [3.05, 3.63) is 18.3 Å². The van der Waals surface area contributed by atoms with Gasteiger partial charge in [0, 0.05) is 26.2 Å². The second-order valence-corrected chi connectivity index (χ2v) is 6.95. The third kappa shape index (κ3) is 4.78. The molecule has 6 heteroatoms. The molecule has 2 aliphatic rings. The van der Waals surface area contributed by atoms with Crippen molar-refractivity contribution in [3.63, 3.8) is 0 Å². The quantitative estimate of drug-likeness (QED) is 0.826. The van der Waals surface area contributed by atoms with Crippen molar-refractivity contribution in [2.45, 2.75) is 38.7 Å². The van der Waals surface area contributed by atoms with Crippen LogP contribution in [-0.2, 0) is 4.74 Å². The summed E-state index contributed by atoms with van der Waals surface area (Å²) in [6, 6.07) is 4.11. The summed E-state index contributed by atoms with van der Waals surface area (Å²) >= 11 is 5.33. The van der Waals surface area contributed by atoms with Crippen LogP contribution in [0.4, 0.5) is 11.5 Å². The summed E-state index contributed by atoms with van der Waals surface area (Å²) in [7, 11) is 0. The number of ether oxygens (including phenoxy) is 1. The summed E-state index contributed by atoms with van der Waals surface area (Å²) < 4.78 is 5.58. The van der Waals surface area contributed by atoms with E-state index in [0.29, 0.717) is 5.11 Å². The molecular weight excluding hydrogens is 308 g/mol. The first-order valence-electron chi connectivity index (χ1n) is 8.58. The van der Waals surface area contributed by atoms with Gasteiger partial charge in [-0.2, -0.15) is 0 Å². The predicted molar refractivity (Wildman–Crippen MR) is 98.0 cm³/mol. The van der Waals surface area contributed by atoms with Gasteiger partial charge in [0.15, 0.2) is 5.11 Å². The molecule has 3 heterocycles. The van der Waals surface area contributed by atoms with Crippen molar-refractivity contribution < 1.29 is 4.74 Å². The lowest BCUT2D eigenvalue weighted by Crippen LogP contribution is -2.35. The van der Waals surface area contributed by atoms with Crippen LogP contribution in [0, 0.1) is 5.92 Å². The number of nitrogens with one attached hydrogen (secondary N) is 2. The number of piperidine rings is 1. The van der Waals surface area contributed by atoms with Gasteiger partial charge in [0.1, 0.15) is 5.82 Å². The van der Waals surface area contributed by atoms with Crippen LogP contribution >= 0.6 is 12.2 Å². The van der Waals surface area contributed by atoms with Gasteiger partial charge in [-0.15, -0.1) is 0 Å². The van der Waals surface area contributed by atoms with Crippen molar-refractivity contribution in [1.82, 2.24) is 10.3 Å². The molecule has 0 aromatic carbocycles. The van der Waals surface area contributed by atoms with Gasteiger partial charge in [-0.05, 0) is 56.0 Å². The Labute approximate surface area is 143 Å². The van der Waals surface area contributed by atoms with E-state index in [0.717, 1.165) is 56.5 Å². The highest BCUT2D eigenvalue weighted by molar-refractivity contribution is 7.80. The molecule has 1 aromatic heterocycles. The van der Waals surface area contributed by atoms with Crippen LogP contribution in [0.15, 0.2) is 18.3 Å². The number of pyridine rings is 1. The Morgan fingerprint density at radius 1 is 1.35 bits per heavy atom. The highest BCUT2D eigenvalue weighted by atomic mass is 32.1. The van der Waals surface area contributed by atoms with Crippen LogP contribution in [0.5, 0.6) is 0 Å². The molecular formula is C17H26N4OS. The minimum absolute atomic E-state index is 0.289. The van der Waals surface area contributed by atoms with E-state index in [9.17, 15) is 0 Å². The maximum absolute atomic E-state index is 5.58. The summed E-state index contributed by atoms with van der Waals surface area (Å²) in [4.78, 5) is 6.93. The Morgan fingerprint density at radius 3 is 2.83 bits per heavy atom. The highest BCUT2D eigenvalue weighted by Gasteiger charge is 2.17. The Hall–Kier alpha value is -1.40. The standard InChI is InChI=1S/C17H26N4OS/c1-13-6-8-21(9-7-13)16-5-4-14(11-18-16)20-17(23)19-12-15-3-2-10-22-15/h4-5,11,13,15H,2-3,6-10,12H2,1H3,(H2,19,20,23)/t15-/m0/s1. The van der Waals surface area contributed by atoms with Crippen LogP contribution in [-0.4, -0.2) is 42.4 Å². The predicted octanol–water partition coefficient (Wildman–Crippen LogP) is 2.78. The van der Waals surface area contributed by atoms with Crippen molar-refractivity contribution in [2.75, 3.05) is 36.5 Å². The van der Waals surface area contributed by atoms with Crippen molar-refractivity contribution >= 4 is 28.8 Å². The van der Waals surface area contributed by atoms with Gasteiger partial charge in [-0.3, -0.25) is 0 Å². The number of anilines is 2. The molecule has 0 spiro atoms. The Balaban J connectivity index is 1.46. The average molecular weight is 334 g/mol. The molecule has 2 N–H and O–H groups in total. The van der Waals surface area contributed by atoms with Gasteiger partial charge in [0.05, 0.1) is 18.0 Å². The Kier molecular flexibility index (Phi) is 5.67. The van der Waals surface area contributed by atoms with Crippen molar-refractivity contribution in [2.24, 2.45) is 5.92 Å². The van der Waals surface area contributed by atoms with Crippen molar-refractivity contribution in [1.29, 1.82) is 0 Å². The van der Waals surface area contributed by atoms with Crippen LogP contribution in [0.1, 0.15) is 32.6 Å². The van der Waals surface area contributed by atoms with E-state index in [4.69, 9.17) is 17.0 Å². The van der Waals surface area contributed by atoms with Crippen molar-refractivity contribution in [3.8, 4) is 0 Å². The minimum atomic E-state index is 0.289. The molecule has 0 saturated carbocycles. The molecule has 0 radical (unpaired) electrons. The fraction of sp³-hybridized carbons (Fsp3) is 0.647. The van der Waals surface area contributed by atoms with E-state index < -0.39 is 0 Å². The number of hydrogen-bond donors (Lipinski definition) is 2. The average Bonchev–Trinajstić information content (AvgIpc) is 3.08. The molecule has 0 unspecified atom stereocenters. The van der Waals surface area contributed by atoms with E-state index in [1.165, 1.54) is 12.8 Å². The number of aromatic nitrogens is 1. The molecule has 2 saturated heterocycles. The molecule has 0 aliphatic carbocycles. The summed E-state index contributed by atoms with van der Waals surface area (Å²) in [5, 5.41) is 7.03. The number of hydrogen-bond acceptors (Lipinski definition) is 4. The maximum atomic E-state index is 5.58.